The number of benzene rings is 1. The van der Waals surface area contributed by atoms with Crippen LogP contribution in [0, 0.1) is 9.39 Å². The number of hydrogen-bond acceptors (Lipinski definition) is 1. The standard InChI is InChI=1S/C15H21FINO/c1-3-5-7-12(6-4-2)18-15(19)13-9-8-11(16)10-14(13)17/h8-10,12H,3-7H2,1-2H3,(H,18,19). The second-order valence-electron chi connectivity index (χ2n) is 4.73. The highest BCUT2D eigenvalue weighted by Gasteiger charge is 2.15. The van der Waals surface area contributed by atoms with Crippen LogP contribution in [-0.2, 0) is 0 Å². The second-order valence-corrected chi connectivity index (χ2v) is 5.89. The summed E-state index contributed by atoms with van der Waals surface area (Å²) >= 11 is 2.00. The third kappa shape index (κ3) is 5.47. The van der Waals surface area contributed by atoms with Crippen molar-refractivity contribution >= 4 is 28.5 Å². The molecule has 2 nitrogen and oxygen atoms in total. The first-order chi connectivity index (χ1) is 9.08. The molecule has 0 fully saturated rings. The molecule has 1 atom stereocenters. The molecule has 1 unspecified atom stereocenters. The summed E-state index contributed by atoms with van der Waals surface area (Å²) in [7, 11) is 0. The molecule has 0 aromatic heterocycles. The molecule has 4 heteroatoms. The van der Waals surface area contributed by atoms with Crippen molar-refractivity contribution in [2.45, 2.75) is 52.0 Å². The summed E-state index contributed by atoms with van der Waals surface area (Å²) in [6, 6.07) is 4.49. The highest BCUT2D eigenvalue weighted by atomic mass is 127. The van der Waals surface area contributed by atoms with E-state index in [-0.39, 0.29) is 17.8 Å². The lowest BCUT2D eigenvalue weighted by atomic mass is 10.0. The fourth-order valence-electron chi connectivity index (χ4n) is 2.02. The SMILES string of the molecule is CCCCC(CCC)NC(=O)c1ccc(F)cc1I. The van der Waals surface area contributed by atoms with Gasteiger partial charge in [0.1, 0.15) is 5.82 Å². The number of hydrogen-bond donors (Lipinski definition) is 1. The van der Waals surface area contributed by atoms with Crippen LogP contribution >= 0.6 is 22.6 Å². The monoisotopic (exact) mass is 377 g/mol. The molecule has 0 saturated heterocycles. The van der Waals surface area contributed by atoms with Gasteiger partial charge in [0.05, 0.1) is 5.56 Å². The summed E-state index contributed by atoms with van der Waals surface area (Å²) in [4.78, 5) is 12.2. The molecule has 0 heterocycles. The number of rotatable bonds is 7. The molecule has 0 saturated carbocycles. The van der Waals surface area contributed by atoms with Crippen LogP contribution in [0.2, 0.25) is 0 Å². The zero-order valence-corrected chi connectivity index (χ0v) is 13.7. The third-order valence-electron chi connectivity index (χ3n) is 3.05. The normalized spacial score (nSPS) is 12.2. The first kappa shape index (κ1) is 16.4. The van der Waals surface area contributed by atoms with E-state index in [0.29, 0.717) is 9.13 Å². The van der Waals surface area contributed by atoms with Crippen LogP contribution in [0.1, 0.15) is 56.3 Å². The van der Waals surface area contributed by atoms with Crippen molar-refractivity contribution < 1.29 is 9.18 Å². The molecular formula is C15H21FINO. The van der Waals surface area contributed by atoms with E-state index in [2.05, 4.69) is 19.2 Å². The minimum Gasteiger partial charge on any atom is -0.349 e. The van der Waals surface area contributed by atoms with E-state index < -0.39 is 0 Å². The Bertz CT molecular complexity index is 423. The van der Waals surface area contributed by atoms with E-state index in [4.69, 9.17) is 0 Å². The van der Waals surface area contributed by atoms with Crippen molar-refractivity contribution in [2.75, 3.05) is 0 Å². The number of carbonyl (C=O) groups is 1. The summed E-state index contributed by atoms with van der Waals surface area (Å²) in [6.07, 6.45) is 5.29. The minimum atomic E-state index is -0.308. The molecule has 0 spiro atoms. The van der Waals surface area contributed by atoms with E-state index in [1.165, 1.54) is 12.1 Å². The van der Waals surface area contributed by atoms with E-state index in [1.807, 2.05) is 22.6 Å². The lowest BCUT2D eigenvalue weighted by Crippen LogP contribution is -2.35. The Morgan fingerprint density at radius 1 is 1.32 bits per heavy atom. The van der Waals surface area contributed by atoms with Gasteiger partial charge in [0.2, 0.25) is 0 Å². The van der Waals surface area contributed by atoms with Crippen molar-refractivity contribution in [3.8, 4) is 0 Å². The topological polar surface area (TPSA) is 29.1 Å². The maximum Gasteiger partial charge on any atom is 0.252 e. The number of carbonyl (C=O) groups excluding carboxylic acids is 1. The van der Waals surface area contributed by atoms with E-state index in [0.717, 1.165) is 32.1 Å². The van der Waals surface area contributed by atoms with Gasteiger partial charge >= 0.3 is 0 Å². The molecule has 0 aliphatic carbocycles. The van der Waals surface area contributed by atoms with Gasteiger partial charge < -0.3 is 5.32 Å². The van der Waals surface area contributed by atoms with Gasteiger partial charge in [-0.05, 0) is 53.6 Å². The number of halogens is 2. The van der Waals surface area contributed by atoms with Gasteiger partial charge in [0, 0.05) is 9.61 Å². The fourth-order valence-corrected chi connectivity index (χ4v) is 2.75. The van der Waals surface area contributed by atoms with E-state index >= 15 is 0 Å². The lowest BCUT2D eigenvalue weighted by Gasteiger charge is -2.18. The fraction of sp³-hybridized carbons (Fsp3) is 0.533. The summed E-state index contributed by atoms with van der Waals surface area (Å²) < 4.78 is 13.7. The highest BCUT2D eigenvalue weighted by molar-refractivity contribution is 14.1. The Morgan fingerprint density at radius 3 is 2.63 bits per heavy atom. The van der Waals surface area contributed by atoms with Crippen LogP contribution in [0.15, 0.2) is 18.2 Å². The van der Waals surface area contributed by atoms with Gasteiger partial charge in [-0.1, -0.05) is 33.1 Å². The molecule has 0 bridgehead atoms. The van der Waals surface area contributed by atoms with E-state index in [1.54, 1.807) is 6.07 Å². The van der Waals surface area contributed by atoms with Gasteiger partial charge in [-0.3, -0.25) is 4.79 Å². The smallest absolute Gasteiger partial charge is 0.252 e. The largest absolute Gasteiger partial charge is 0.349 e. The van der Waals surface area contributed by atoms with Gasteiger partial charge in [0.25, 0.3) is 5.91 Å². The predicted molar refractivity (Wildman–Crippen MR) is 84.8 cm³/mol. The van der Waals surface area contributed by atoms with Gasteiger partial charge in [0.15, 0.2) is 0 Å². The van der Waals surface area contributed by atoms with Crippen LogP contribution in [0.5, 0.6) is 0 Å². The van der Waals surface area contributed by atoms with Crippen molar-refractivity contribution in [1.29, 1.82) is 0 Å². The van der Waals surface area contributed by atoms with Crippen LogP contribution in [-0.4, -0.2) is 11.9 Å². The molecule has 1 amide bonds. The Kier molecular flexibility index (Phi) is 7.34. The Hall–Kier alpha value is -0.650. The summed E-state index contributed by atoms with van der Waals surface area (Å²) in [6.45, 7) is 4.26. The Balaban J connectivity index is 2.69. The zero-order chi connectivity index (χ0) is 14.3. The van der Waals surface area contributed by atoms with Crippen LogP contribution < -0.4 is 5.32 Å². The third-order valence-corrected chi connectivity index (χ3v) is 3.95. The maximum absolute atomic E-state index is 13.0. The quantitative estimate of drug-likeness (QED) is 0.696. The molecule has 1 aromatic carbocycles. The zero-order valence-electron chi connectivity index (χ0n) is 11.5. The molecule has 0 aliphatic rings. The summed E-state index contributed by atoms with van der Waals surface area (Å²) in [5.74, 6) is -0.406. The van der Waals surface area contributed by atoms with Gasteiger partial charge in [-0.25, -0.2) is 4.39 Å². The molecule has 1 N–H and O–H groups in total. The molecule has 19 heavy (non-hydrogen) atoms. The van der Waals surface area contributed by atoms with Gasteiger partial charge in [-0.2, -0.15) is 0 Å². The minimum absolute atomic E-state index is 0.0982. The van der Waals surface area contributed by atoms with Crippen LogP contribution in [0.4, 0.5) is 4.39 Å². The molecule has 0 aliphatic heterocycles. The van der Waals surface area contributed by atoms with Crippen LogP contribution in [0.3, 0.4) is 0 Å². The first-order valence-electron chi connectivity index (χ1n) is 6.84. The lowest BCUT2D eigenvalue weighted by molar-refractivity contribution is 0.0931. The van der Waals surface area contributed by atoms with E-state index in [9.17, 15) is 9.18 Å². The Labute approximate surface area is 128 Å². The summed E-state index contributed by atoms with van der Waals surface area (Å²) in [5.41, 5.74) is 0.555. The molecular weight excluding hydrogens is 356 g/mol. The van der Waals surface area contributed by atoms with Crippen molar-refractivity contribution in [2.24, 2.45) is 0 Å². The molecule has 0 radical (unpaired) electrons. The average molecular weight is 377 g/mol. The number of amides is 1. The molecule has 106 valence electrons. The van der Waals surface area contributed by atoms with Crippen molar-refractivity contribution in [3.63, 3.8) is 0 Å². The van der Waals surface area contributed by atoms with Gasteiger partial charge in [-0.15, -0.1) is 0 Å². The summed E-state index contributed by atoms with van der Waals surface area (Å²) in [5, 5.41) is 3.06. The van der Waals surface area contributed by atoms with Crippen molar-refractivity contribution in [1.82, 2.24) is 5.32 Å². The highest BCUT2D eigenvalue weighted by Crippen LogP contribution is 2.15. The number of nitrogens with one attached hydrogen (secondary N) is 1. The first-order valence-corrected chi connectivity index (χ1v) is 7.92. The van der Waals surface area contributed by atoms with Crippen molar-refractivity contribution in [3.05, 3.63) is 33.1 Å². The Morgan fingerprint density at radius 2 is 2.05 bits per heavy atom. The van der Waals surface area contributed by atoms with Crippen LogP contribution in [0.25, 0.3) is 0 Å². The number of unbranched alkanes of at least 4 members (excludes halogenated alkanes) is 1. The maximum atomic E-state index is 13.0. The molecule has 1 rings (SSSR count). The second kappa shape index (κ2) is 8.51. The predicted octanol–water partition coefficient (Wildman–Crippen LogP) is 4.52. The molecule has 1 aromatic rings. The average Bonchev–Trinajstić information content (AvgIpc) is 2.36.